The highest BCUT2D eigenvalue weighted by Crippen LogP contribution is 2.24. The summed E-state index contributed by atoms with van der Waals surface area (Å²) in [5, 5.41) is 4.85. The van der Waals surface area contributed by atoms with Gasteiger partial charge in [-0.1, -0.05) is 30.3 Å². The molecule has 1 aromatic heterocycles. The lowest BCUT2D eigenvalue weighted by Gasteiger charge is -2.13. The van der Waals surface area contributed by atoms with Gasteiger partial charge in [0.25, 0.3) is 5.91 Å². The number of anilines is 1. The number of carbonyl (C=O) groups is 2. The average molecular weight is 460 g/mol. The molecule has 1 atom stereocenters. The first-order chi connectivity index (χ1) is 14.7. The van der Waals surface area contributed by atoms with Crippen LogP contribution in [-0.2, 0) is 19.6 Å². The van der Waals surface area contributed by atoms with Crippen molar-refractivity contribution in [3.63, 3.8) is 0 Å². The monoisotopic (exact) mass is 459 g/mol. The standard InChI is InChI=1S/C21H21N3O5S2/c1-14(19(25)23-21-22-18(13-30-21)15-7-5-4-6-8-15)29-20(26)16-9-11-17(12-10-16)31(27,28)24(2)3/h4-14H,1-3H3,(H,22,23,25). The molecule has 0 bridgehead atoms. The van der Waals surface area contributed by atoms with Gasteiger partial charge in [-0.05, 0) is 31.2 Å². The van der Waals surface area contributed by atoms with Crippen LogP contribution in [-0.4, -0.2) is 49.8 Å². The van der Waals surface area contributed by atoms with Gasteiger partial charge in [0.1, 0.15) is 0 Å². The molecule has 0 fully saturated rings. The van der Waals surface area contributed by atoms with E-state index in [0.717, 1.165) is 15.6 Å². The van der Waals surface area contributed by atoms with Crippen molar-refractivity contribution in [2.75, 3.05) is 19.4 Å². The Hall–Kier alpha value is -3.08. The molecule has 10 heteroatoms. The highest BCUT2D eigenvalue weighted by atomic mass is 32.2. The Morgan fingerprint density at radius 3 is 2.32 bits per heavy atom. The van der Waals surface area contributed by atoms with E-state index in [9.17, 15) is 18.0 Å². The van der Waals surface area contributed by atoms with E-state index in [1.54, 1.807) is 0 Å². The zero-order valence-corrected chi connectivity index (χ0v) is 18.7. The second-order valence-corrected chi connectivity index (χ2v) is 9.76. The van der Waals surface area contributed by atoms with Crippen molar-refractivity contribution in [2.24, 2.45) is 0 Å². The van der Waals surface area contributed by atoms with E-state index in [4.69, 9.17) is 4.74 Å². The molecule has 0 saturated heterocycles. The van der Waals surface area contributed by atoms with Gasteiger partial charge in [0.15, 0.2) is 11.2 Å². The van der Waals surface area contributed by atoms with Crippen molar-refractivity contribution in [3.05, 3.63) is 65.5 Å². The van der Waals surface area contributed by atoms with Crippen molar-refractivity contribution in [2.45, 2.75) is 17.9 Å². The minimum atomic E-state index is -3.60. The molecule has 0 aliphatic rings. The van der Waals surface area contributed by atoms with Crippen molar-refractivity contribution in [3.8, 4) is 11.3 Å². The Morgan fingerprint density at radius 2 is 1.71 bits per heavy atom. The molecule has 1 unspecified atom stereocenters. The lowest BCUT2D eigenvalue weighted by atomic mass is 10.2. The number of nitrogens with zero attached hydrogens (tertiary/aromatic N) is 2. The minimum Gasteiger partial charge on any atom is -0.449 e. The summed E-state index contributed by atoms with van der Waals surface area (Å²) in [4.78, 5) is 29.1. The number of hydrogen-bond donors (Lipinski definition) is 1. The number of esters is 1. The molecule has 31 heavy (non-hydrogen) atoms. The largest absolute Gasteiger partial charge is 0.449 e. The Labute approximate surface area is 184 Å². The Kier molecular flexibility index (Phi) is 6.84. The number of carbonyl (C=O) groups excluding carboxylic acids is 2. The highest BCUT2D eigenvalue weighted by molar-refractivity contribution is 7.89. The van der Waals surface area contributed by atoms with E-state index >= 15 is 0 Å². The molecule has 1 amide bonds. The molecule has 0 saturated carbocycles. The predicted octanol–water partition coefficient (Wildman–Crippen LogP) is 3.24. The zero-order valence-electron chi connectivity index (χ0n) is 17.1. The van der Waals surface area contributed by atoms with Gasteiger partial charge < -0.3 is 4.74 Å². The number of rotatable bonds is 7. The van der Waals surface area contributed by atoms with Crippen LogP contribution in [0, 0.1) is 0 Å². The van der Waals surface area contributed by atoms with Crippen LogP contribution >= 0.6 is 11.3 Å². The van der Waals surface area contributed by atoms with Crippen LogP contribution in [0.3, 0.4) is 0 Å². The van der Waals surface area contributed by atoms with Gasteiger partial charge in [-0.15, -0.1) is 11.3 Å². The molecular weight excluding hydrogens is 438 g/mol. The number of hydrogen-bond acceptors (Lipinski definition) is 7. The number of aromatic nitrogens is 1. The number of ether oxygens (including phenoxy) is 1. The van der Waals surface area contributed by atoms with Crippen molar-refractivity contribution in [1.82, 2.24) is 9.29 Å². The molecule has 8 nitrogen and oxygen atoms in total. The highest BCUT2D eigenvalue weighted by Gasteiger charge is 2.22. The molecule has 0 aliphatic carbocycles. The molecule has 1 N–H and O–H groups in total. The Morgan fingerprint density at radius 1 is 1.06 bits per heavy atom. The van der Waals surface area contributed by atoms with Gasteiger partial charge in [-0.25, -0.2) is 22.5 Å². The van der Waals surface area contributed by atoms with Gasteiger partial charge in [-0.2, -0.15) is 0 Å². The fourth-order valence-electron chi connectivity index (χ4n) is 2.54. The minimum absolute atomic E-state index is 0.0535. The summed E-state index contributed by atoms with van der Waals surface area (Å²) in [6.07, 6.45) is -1.07. The van der Waals surface area contributed by atoms with Crippen LogP contribution < -0.4 is 5.32 Å². The van der Waals surface area contributed by atoms with Gasteiger partial charge in [0, 0.05) is 25.0 Å². The Balaban J connectivity index is 1.61. The molecule has 0 spiro atoms. The van der Waals surface area contributed by atoms with E-state index in [2.05, 4.69) is 10.3 Å². The molecule has 0 radical (unpaired) electrons. The number of benzene rings is 2. The summed E-state index contributed by atoms with van der Waals surface area (Å²) in [6.45, 7) is 1.45. The summed E-state index contributed by atoms with van der Waals surface area (Å²) in [5.41, 5.74) is 1.80. The third-order valence-electron chi connectivity index (χ3n) is 4.33. The maximum atomic E-state index is 12.4. The summed E-state index contributed by atoms with van der Waals surface area (Å²) < 4.78 is 30.5. The second-order valence-electron chi connectivity index (χ2n) is 6.75. The van der Waals surface area contributed by atoms with E-state index in [1.165, 1.54) is 56.6 Å². The van der Waals surface area contributed by atoms with Gasteiger partial charge in [0.2, 0.25) is 10.0 Å². The number of thiazole rings is 1. The van der Waals surface area contributed by atoms with Crippen LogP contribution in [0.15, 0.2) is 64.9 Å². The third kappa shape index (κ3) is 5.35. The third-order valence-corrected chi connectivity index (χ3v) is 6.91. The Bertz CT molecular complexity index is 1170. The summed E-state index contributed by atoms with van der Waals surface area (Å²) in [7, 11) is -0.758. The number of amides is 1. The summed E-state index contributed by atoms with van der Waals surface area (Å²) >= 11 is 1.27. The van der Waals surface area contributed by atoms with E-state index in [0.29, 0.717) is 5.13 Å². The lowest BCUT2D eigenvalue weighted by molar-refractivity contribution is -0.123. The van der Waals surface area contributed by atoms with Crippen LogP contribution in [0.1, 0.15) is 17.3 Å². The summed E-state index contributed by atoms with van der Waals surface area (Å²) in [6, 6.07) is 14.9. The number of sulfonamides is 1. The fourth-order valence-corrected chi connectivity index (χ4v) is 4.16. The van der Waals surface area contributed by atoms with Crippen molar-refractivity contribution >= 4 is 38.4 Å². The smallest absolute Gasteiger partial charge is 0.338 e. The summed E-state index contributed by atoms with van der Waals surface area (Å²) in [5.74, 6) is -1.25. The lowest BCUT2D eigenvalue weighted by Crippen LogP contribution is -2.30. The maximum Gasteiger partial charge on any atom is 0.338 e. The van der Waals surface area contributed by atoms with Gasteiger partial charge in [-0.3, -0.25) is 10.1 Å². The van der Waals surface area contributed by atoms with Crippen LogP contribution in [0.25, 0.3) is 11.3 Å². The SMILES string of the molecule is CC(OC(=O)c1ccc(S(=O)(=O)N(C)C)cc1)C(=O)Nc1nc(-c2ccccc2)cs1. The molecule has 162 valence electrons. The zero-order chi connectivity index (χ0) is 22.6. The fraction of sp³-hybridized carbons (Fsp3) is 0.190. The maximum absolute atomic E-state index is 12.4. The number of nitrogens with one attached hydrogen (secondary N) is 1. The van der Waals surface area contributed by atoms with Gasteiger partial charge in [0.05, 0.1) is 16.2 Å². The van der Waals surface area contributed by atoms with Gasteiger partial charge >= 0.3 is 5.97 Å². The second kappa shape index (κ2) is 9.38. The van der Waals surface area contributed by atoms with Crippen LogP contribution in [0.4, 0.5) is 5.13 Å². The molecule has 3 rings (SSSR count). The van der Waals surface area contributed by atoms with Crippen molar-refractivity contribution < 1.29 is 22.7 Å². The molecule has 2 aromatic carbocycles. The molecular formula is C21H21N3O5S2. The first-order valence-electron chi connectivity index (χ1n) is 9.24. The quantitative estimate of drug-likeness (QED) is 0.544. The van der Waals surface area contributed by atoms with E-state index < -0.39 is 28.0 Å². The first kappa shape index (κ1) is 22.6. The predicted molar refractivity (Wildman–Crippen MR) is 118 cm³/mol. The van der Waals surface area contributed by atoms with E-state index in [1.807, 2.05) is 35.7 Å². The molecule has 1 heterocycles. The topological polar surface area (TPSA) is 106 Å². The normalized spacial score (nSPS) is 12.4. The average Bonchev–Trinajstić information content (AvgIpc) is 3.22. The van der Waals surface area contributed by atoms with Crippen LogP contribution in [0.2, 0.25) is 0 Å². The van der Waals surface area contributed by atoms with E-state index in [-0.39, 0.29) is 10.5 Å². The molecule has 3 aromatic rings. The molecule has 0 aliphatic heterocycles. The first-order valence-corrected chi connectivity index (χ1v) is 11.6. The van der Waals surface area contributed by atoms with Crippen LogP contribution in [0.5, 0.6) is 0 Å². The van der Waals surface area contributed by atoms with Crippen molar-refractivity contribution in [1.29, 1.82) is 0 Å².